The lowest BCUT2D eigenvalue weighted by Gasteiger charge is -2.34. The largest absolute Gasteiger partial charge is 0.497 e. The zero-order valence-corrected chi connectivity index (χ0v) is 23.5. The van der Waals surface area contributed by atoms with E-state index >= 15 is 0 Å². The van der Waals surface area contributed by atoms with Crippen molar-refractivity contribution in [3.8, 4) is 5.75 Å². The minimum absolute atomic E-state index is 0.0722. The number of carbonyl (C=O) groups is 2. The molecule has 2 aliphatic heterocycles. The van der Waals surface area contributed by atoms with E-state index in [0.29, 0.717) is 28.0 Å². The van der Waals surface area contributed by atoms with Gasteiger partial charge < -0.3 is 19.0 Å². The molecule has 0 N–H and O–H groups in total. The van der Waals surface area contributed by atoms with Gasteiger partial charge in [-0.1, -0.05) is 71.8 Å². The van der Waals surface area contributed by atoms with Gasteiger partial charge in [0.15, 0.2) is 11.0 Å². The molecule has 7 rings (SSSR count). The third-order valence-corrected chi connectivity index (χ3v) is 8.35. The van der Waals surface area contributed by atoms with E-state index in [9.17, 15) is 14.4 Å². The number of para-hydroxylation sites is 1. The fourth-order valence-electron chi connectivity index (χ4n) is 6.27. The first-order chi connectivity index (χ1) is 20.3. The number of anilines is 1. The van der Waals surface area contributed by atoms with E-state index in [1.807, 2.05) is 92.7 Å². The number of amides is 2. The highest BCUT2D eigenvalue weighted by atomic mass is 16.5. The molecule has 0 bridgehead atoms. The van der Waals surface area contributed by atoms with Crippen molar-refractivity contribution >= 4 is 28.5 Å². The molecule has 1 atom stereocenters. The number of fused-ring (bicyclic) bond motifs is 5. The number of methoxy groups -OCH3 is 1. The molecule has 3 heterocycles. The van der Waals surface area contributed by atoms with Gasteiger partial charge in [-0.05, 0) is 55.3 Å². The molecule has 208 valence electrons. The normalized spacial score (nSPS) is 17.3. The average molecular weight is 557 g/mol. The van der Waals surface area contributed by atoms with E-state index in [1.54, 1.807) is 24.1 Å². The fourth-order valence-corrected chi connectivity index (χ4v) is 6.27. The minimum Gasteiger partial charge on any atom is -0.497 e. The Morgan fingerprint density at radius 3 is 2.19 bits per heavy atom. The third-order valence-electron chi connectivity index (χ3n) is 8.35. The molecule has 1 aromatic heterocycles. The standard InChI is InChI=1S/C35H28N2O5/c1-21-8-11-23(12-9-21)19-36-28-7-5-4-6-27(28)35(34(36)40)30-31(38)26-18-22(2)10-17-29(26)42-32(30)33(39)37(35)20-24-13-15-25(41-3)16-14-24/h4-18H,19-20H2,1-3H3. The predicted molar refractivity (Wildman–Crippen MR) is 160 cm³/mol. The van der Waals surface area contributed by atoms with Gasteiger partial charge in [0.05, 0.1) is 30.3 Å². The summed E-state index contributed by atoms with van der Waals surface area (Å²) in [6, 6.07) is 28.0. The maximum Gasteiger partial charge on any atom is 0.291 e. The molecule has 0 radical (unpaired) electrons. The molecule has 1 unspecified atom stereocenters. The van der Waals surface area contributed by atoms with Crippen LogP contribution in [0.3, 0.4) is 0 Å². The van der Waals surface area contributed by atoms with E-state index in [-0.39, 0.29) is 35.7 Å². The van der Waals surface area contributed by atoms with Gasteiger partial charge in [-0.3, -0.25) is 14.4 Å². The van der Waals surface area contributed by atoms with Crippen molar-refractivity contribution in [2.45, 2.75) is 32.5 Å². The quantitative estimate of drug-likeness (QED) is 0.271. The molecule has 4 aromatic carbocycles. The molecule has 0 aliphatic carbocycles. The van der Waals surface area contributed by atoms with E-state index in [4.69, 9.17) is 9.15 Å². The maximum absolute atomic E-state index is 15.0. The van der Waals surface area contributed by atoms with Gasteiger partial charge in [-0.25, -0.2) is 0 Å². The number of carbonyl (C=O) groups excluding carboxylic acids is 2. The Hall–Kier alpha value is -5.17. The number of nitrogens with zero attached hydrogens (tertiary/aromatic N) is 2. The van der Waals surface area contributed by atoms with Crippen LogP contribution in [0.15, 0.2) is 100 Å². The highest BCUT2D eigenvalue weighted by Crippen LogP contribution is 2.53. The molecule has 0 saturated carbocycles. The summed E-state index contributed by atoms with van der Waals surface area (Å²) in [6.07, 6.45) is 0. The van der Waals surface area contributed by atoms with Crippen LogP contribution < -0.4 is 15.1 Å². The molecule has 1 spiro atoms. The molecule has 5 aromatic rings. The Labute approximate surface area is 242 Å². The summed E-state index contributed by atoms with van der Waals surface area (Å²) in [5.41, 5.74) is 3.28. The second kappa shape index (κ2) is 9.45. The Morgan fingerprint density at radius 2 is 1.45 bits per heavy atom. The lowest BCUT2D eigenvalue weighted by molar-refractivity contribution is -0.126. The van der Waals surface area contributed by atoms with Crippen molar-refractivity contribution in [1.29, 1.82) is 0 Å². The Morgan fingerprint density at radius 1 is 0.786 bits per heavy atom. The molecule has 2 aliphatic rings. The Bertz CT molecular complexity index is 1960. The third kappa shape index (κ3) is 3.63. The number of aryl methyl sites for hydroxylation is 2. The van der Waals surface area contributed by atoms with E-state index in [1.165, 1.54) is 4.90 Å². The zero-order chi connectivity index (χ0) is 29.2. The van der Waals surface area contributed by atoms with Crippen molar-refractivity contribution in [2.24, 2.45) is 0 Å². The summed E-state index contributed by atoms with van der Waals surface area (Å²) in [6.45, 7) is 4.27. The number of hydrogen-bond acceptors (Lipinski definition) is 5. The zero-order valence-electron chi connectivity index (χ0n) is 23.5. The second-order valence-electron chi connectivity index (χ2n) is 11.0. The molecule has 42 heavy (non-hydrogen) atoms. The SMILES string of the molecule is COc1ccc(CN2C(=O)c3oc4ccc(C)cc4c(=O)c3C23C(=O)N(Cc2ccc(C)cc2)c2ccccc23)cc1. The predicted octanol–water partition coefficient (Wildman–Crippen LogP) is 5.86. The number of benzene rings is 4. The summed E-state index contributed by atoms with van der Waals surface area (Å²) < 4.78 is 11.5. The van der Waals surface area contributed by atoms with Crippen LogP contribution in [-0.4, -0.2) is 23.8 Å². The van der Waals surface area contributed by atoms with Crippen molar-refractivity contribution in [3.05, 3.63) is 140 Å². The second-order valence-corrected chi connectivity index (χ2v) is 11.0. The monoisotopic (exact) mass is 556 g/mol. The molecule has 7 nitrogen and oxygen atoms in total. The molecule has 7 heteroatoms. The summed E-state index contributed by atoms with van der Waals surface area (Å²) in [7, 11) is 1.59. The molecule has 0 saturated heterocycles. The van der Waals surface area contributed by atoms with Gasteiger partial charge in [-0.15, -0.1) is 0 Å². The first-order valence-corrected chi connectivity index (χ1v) is 13.8. The van der Waals surface area contributed by atoms with Crippen molar-refractivity contribution < 1.29 is 18.7 Å². The van der Waals surface area contributed by atoms with Crippen molar-refractivity contribution in [1.82, 2.24) is 4.90 Å². The van der Waals surface area contributed by atoms with Gasteiger partial charge in [-0.2, -0.15) is 0 Å². The lowest BCUT2D eigenvalue weighted by Crippen LogP contribution is -2.52. The lowest BCUT2D eigenvalue weighted by atomic mass is 9.83. The van der Waals surface area contributed by atoms with Crippen LogP contribution in [0.25, 0.3) is 11.0 Å². The number of hydrogen-bond donors (Lipinski definition) is 0. The summed E-state index contributed by atoms with van der Waals surface area (Å²) >= 11 is 0. The van der Waals surface area contributed by atoms with Gasteiger partial charge in [0.1, 0.15) is 11.3 Å². The number of ether oxygens (including phenoxy) is 1. The molecule has 2 amide bonds. The van der Waals surface area contributed by atoms with E-state index in [2.05, 4.69) is 0 Å². The van der Waals surface area contributed by atoms with Gasteiger partial charge in [0.25, 0.3) is 11.8 Å². The van der Waals surface area contributed by atoms with Crippen molar-refractivity contribution in [3.63, 3.8) is 0 Å². The number of rotatable bonds is 5. The van der Waals surface area contributed by atoms with E-state index in [0.717, 1.165) is 22.3 Å². The van der Waals surface area contributed by atoms with Gasteiger partial charge >= 0.3 is 0 Å². The van der Waals surface area contributed by atoms with Crippen LogP contribution >= 0.6 is 0 Å². The van der Waals surface area contributed by atoms with Crippen molar-refractivity contribution in [2.75, 3.05) is 12.0 Å². The first-order valence-electron chi connectivity index (χ1n) is 13.8. The van der Waals surface area contributed by atoms with E-state index < -0.39 is 11.4 Å². The fraction of sp³-hybridized carbons (Fsp3) is 0.171. The first kappa shape index (κ1) is 25.8. The summed E-state index contributed by atoms with van der Waals surface area (Å²) in [5.74, 6) is -0.273. The maximum atomic E-state index is 15.0. The minimum atomic E-state index is -1.69. The summed E-state index contributed by atoms with van der Waals surface area (Å²) in [5, 5.41) is 0.342. The van der Waals surface area contributed by atoms with Crippen LogP contribution in [0, 0.1) is 13.8 Å². The van der Waals surface area contributed by atoms with Gasteiger partial charge in [0, 0.05) is 12.1 Å². The van der Waals surface area contributed by atoms with Crippen LogP contribution in [0.4, 0.5) is 5.69 Å². The molecular formula is C35H28N2O5. The Kier molecular flexibility index (Phi) is 5.80. The highest BCUT2D eigenvalue weighted by molar-refractivity contribution is 6.17. The summed E-state index contributed by atoms with van der Waals surface area (Å²) in [4.78, 5) is 46.8. The van der Waals surface area contributed by atoms with Gasteiger partial charge in [0.2, 0.25) is 5.76 Å². The highest BCUT2D eigenvalue weighted by Gasteiger charge is 2.65. The smallest absolute Gasteiger partial charge is 0.291 e. The van der Waals surface area contributed by atoms with Crippen LogP contribution in [0.5, 0.6) is 5.75 Å². The van der Waals surface area contributed by atoms with Crippen LogP contribution in [-0.2, 0) is 23.4 Å². The van der Waals surface area contributed by atoms with Crippen LogP contribution in [0.2, 0.25) is 0 Å². The van der Waals surface area contributed by atoms with Crippen LogP contribution in [0.1, 0.15) is 43.9 Å². The molecule has 0 fully saturated rings. The molecular weight excluding hydrogens is 528 g/mol. The average Bonchev–Trinajstić information content (AvgIpc) is 3.39. The topological polar surface area (TPSA) is 80.1 Å². The Balaban J connectivity index is 1.49.